The summed E-state index contributed by atoms with van der Waals surface area (Å²) in [7, 11) is 0. The van der Waals surface area contributed by atoms with Crippen LogP contribution in [-0.2, 0) is 12.7 Å². The van der Waals surface area contributed by atoms with E-state index < -0.39 is 11.9 Å². The molecule has 0 saturated heterocycles. The molecule has 0 aromatic carbocycles. The van der Waals surface area contributed by atoms with Crippen molar-refractivity contribution in [2.75, 3.05) is 0 Å². The third kappa shape index (κ3) is 2.88. The minimum Gasteiger partial charge on any atom is -0.418 e. The number of nitrogens with zero attached hydrogens (tertiary/aromatic N) is 4. The number of hydrogen-bond acceptors (Lipinski definition) is 5. The number of hydrogen-bond donors (Lipinski definition) is 0. The largest absolute Gasteiger partial charge is 0.436 e. The van der Waals surface area contributed by atoms with Gasteiger partial charge in [-0.1, -0.05) is 6.07 Å². The first kappa shape index (κ1) is 15.8. The lowest BCUT2D eigenvalue weighted by atomic mass is 10.2. The minimum absolute atomic E-state index is 0.00972. The quantitative estimate of drug-likeness (QED) is 0.615. The van der Waals surface area contributed by atoms with Gasteiger partial charge in [-0.15, -0.1) is 21.5 Å². The average molecular weight is 419 g/mol. The molecule has 0 amide bonds. The van der Waals surface area contributed by atoms with E-state index in [9.17, 15) is 13.2 Å². The minimum atomic E-state index is -4.51. The van der Waals surface area contributed by atoms with Gasteiger partial charge < -0.3 is 4.42 Å². The number of alkyl halides is 3. The molecule has 10 heteroatoms. The smallest absolute Gasteiger partial charge is 0.418 e. The first-order chi connectivity index (χ1) is 11.4. The van der Waals surface area contributed by atoms with Crippen LogP contribution < -0.4 is 0 Å². The predicted octanol–water partition coefficient (Wildman–Crippen LogP) is 4.70. The van der Waals surface area contributed by atoms with Crippen LogP contribution in [0.4, 0.5) is 13.2 Å². The molecule has 1 aliphatic rings. The maximum Gasteiger partial charge on any atom is 0.436 e. The molecule has 1 saturated carbocycles. The predicted molar refractivity (Wildman–Crippen MR) is 83.6 cm³/mol. The highest BCUT2D eigenvalue weighted by Gasteiger charge is 2.41. The van der Waals surface area contributed by atoms with Crippen molar-refractivity contribution in [2.24, 2.45) is 0 Å². The fraction of sp³-hybridized carbons (Fsp3) is 0.357. The lowest BCUT2D eigenvalue weighted by Gasteiger charge is -2.03. The van der Waals surface area contributed by atoms with Crippen LogP contribution in [0.3, 0.4) is 0 Å². The summed E-state index contributed by atoms with van der Waals surface area (Å²) in [4.78, 5) is 0.814. The Morgan fingerprint density at radius 1 is 1.33 bits per heavy atom. The zero-order valence-corrected chi connectivity index (χ0v) is 14.5. The van der Waals surface area contributed by atoms with Gasteiger partial charge in [0.15, 0.2) is 5.69 Å². The Morgan fingerprint density at radius 2 is 2.12 bits per heavy atom. The maximum atomic E-state index is 13.1. The van der Waals surface area contributed by atoms with Gasteiger partial charge in [0, 0.05) is 5.92 Å². The Labute approximate surface area is 146 Å². The van der Waals surface area contributed by atoms with Crippen molar-refractivity contribution in [1.29, 1.82) is 0 Å². The van der Waals surface area contributed by atoms with E-state index >= 15 is 0 Å². The number of rotatable bonds is 4. The molecule has 0 unspecified atom stereocenters. The molecule has 4 rings (SSSR count). The molecule has 0 atom stereocenters. The topological polar surface area (TPSA) is 56.7 Å². The van der Waals surface area contributed by atoms with Gasteiger partial charge in [0.05, 0.1) is 15.0 Å². The van der Waals surface area contributed by atoms with Crippen LogP contribution in [0, 0.1) is 0 Å². The normalized spacial score (nSPS) is 15.2. The lowest BCUT2D eigenvalue weighted by molar-refractivity contribution is -0.142. The fourth-order valence-electron chi connectivity index (χ4n) is 2.45. The summed E-state index contributed by atoms with van der Waals surface area (Å²) in [6, 6.07) is 3.69. The van der Waals surface area contributed by atoms with Gasteiger partial charge >= 0.3 is 6.18 Å². The van der Waals surface area contributed by atoms with Gasteiger partial charge in [-0.25, -0.2) is 0 Å². The van der Waals surface area contributed by atoms with Crippen LogP contribution in [0.5, 0.6) is 0 Å². The van der Waals surface area contributed by atoms with Crippen molar-refractivity contribution < 1.29 is 17.6 Å². The monoisotopic (exact) mass is 418 g/mol. The molecule has 3 heterocycles. The molecule has 0 N–H and O–H groups in total. The number of halogens is 4. The molecule has 3 aromatic heterocycles. The summed E-state index contributed by atoms with van der Waals surface area (Å²) in [5.41, 5.74) is -0.374. The first-order valence-electron chi connectivity index (χ1n) is 7.13. The molecule has 1 fully saturated rings. The highest BCUT2D eigenvalue weighted by molar-refractivity contribution is 9.10. The van der Waals surface area contributed by atoms with Gasteiger partial charge in [0.25, 0.3) is 5.89 Å². The lowest BCUT2D eigenvalue weighted by Crippen LogP contribution is -2.10. The Morgan fingerprint density at radius 3 is 2.75 bits per heavy atom. The van der Waals surface area contributed by atoms with Gasteiger partial charge in [0.2, 0.25) is 5.89 Å². The molecule has 3 aromatic rings. The van der Waals surface area contributed by atoms with Crippen molar-refractivity contribution in [3.63, 3.8) is 0 Å². The summed E-state index contributed by atoms with van der Waals surface area (Å²) in [5, 5.41) is 13.5. The second kappa shape index (κ2) is 5.69. The van der Waals surface area contributed by atoms with E-state index in [1.807, 2.05) is 17.5 Å². The molecule has 0 radical (unpaired) electrons. The number of aromatic nitrogens is 4. The Hall–Kier alpha value is -1.68. The van der Waals surface area contributed by atoms with Crippen LogP contribution in [0.1, 0.15) is 36.0 Å². The van der Waals surface area contributed by atoms with Crippen molar-refractivity contribution >= 4 is 27.3 Å². The fourth-order valence-corrected chi connectivity index (χ4v) is 3.92. The van der Waals surface area contributed by atoms with Crippen molar-refractivity contribution in [3.8, 4) is 10.8 Å². The SMILES string of the molecule is FC(F)(F)c1nn(Cc2nnc(-c3cccs3)o2)c(C2CC2)c1Br. The zero-order chi connectivity index (χ0) is 16.9. The van der Waals surface area contributed by atoms with E-state index in [4.69, 9.17) is 4.42 Å². The standard InChI is InChI=1S/C14H10BrF3N4OS/c15-10-11(7-3-4-7)22(21-12(10)14(16,17)18)6-9-19-20-13(23-9)8-2-1-5-24-8/h1-2,5,7H,3-4,6H2. The Kier molecular flexibility index (Phi) is 3.75. The molecule has 5 nitrogen and oxygen atoms in total. The zero-order valence-electron chi connectivity index (χ0n) is 12.0. The van der Waals surface area contributed by atoms with Crippen molar-refractivity contribution in [2.45, 2.75) is 31.5 Å². The molecule has 24 heavy (non-hydrogen) atoms. The van der Waals surface area contributed by atoms with Crippen LogP contribution in [-0.4, -0.2) is 20.0 Å². The van der Waals surface area contributed by atoms with Crippen molar-refractivity contribution in [1.82, 2.24) is 20.0 Å². The summed E-state index contributed by atoms with van der Waals surface area (Å²) in [6.07, 6.45) is -2.80. The van der Waals surface area contributed by atoms with Gasteiger partial charge in [0.1, 0.15) is 6.54 Å². The molecule has 126 valence electrons. The Bertz CT molecular complexity index is 867. The third-order valence-electron chi connectivity index (χ3n) is 3.65. The molecule has 1 aliphatic carbocycles. The molecular formula is C14H10BrF3N4OS. The molecule has 0 spiro atoms. The van der Waals surface area contributed by atoms with Crippen molar-refractivity contribution in [3.05, 3.63) is 39.3 Å². The molecule has 0 aliphatic heterocycles. The van der Waals surface area contributed by atoms with E-state index in [0.717, 1.165) is 17.7 Å². The van der Waals surface area contributed by atoms with E-state index in [2.05, 4.69) is 31.2 Å². The highest BCUT2D eigenvalue weighted by atomic mass is 79.9. The van der Waals surface area contributed by atoms with E-state index in [-0.39, 0.29) is 22.8 Å². The first-order valence-corrected chi connectivity index (χ1v) is 8.80. The van der Waals surface area contributed by atoms with E-state index in [1.54, 1.807) is 0 Å². The van der Waals surface area contributed by atoms with E-state index in [1.165, 1.54) is 16.0 Å². The third-order valence-corrected chi connectivity index (χ3v) is 5.29. The molecular weight excluding hydrogens is 409 g/mol. The second-order valence-electron chi connectivity index (χ2n) is 5.46. The highest BCUT2D eigenvalue weighted by Crippen LogP contribution is 2.47. The van der Waals surface area contributed by atoms with Crippen LogP contribution in [0.2, 0.25) is 0 Å². The average Bonchev–Trinajstić information content (AvgIpc) is 2.92. The Balaban J connectivity index is 1.67. The van der Waals surface area contributed by atoms with Crippen LogP contribution in [0.25, 0.3) is 10.8 Å². The van der Waals surface area contributed by atoms with E-state index in [0.29, 0.717) is 11.6 Å². The van der Waals surface area contributed by atoms with Crippen LogP contribution >= 0.6 is 27.3 Å². The summed E-state index contributed by atoms with van der Waals surface area (Å²) in [6.45, 7) is 0.0128. The van der Waals surface area contributed by atoms with Gasteiger partial charge in [-0.05, 0) is 40.2 Å². The summed E-state index contributed by atoms with van der Waals surface area (Å²) >= 11 is 4.51. The van der Waals surface area contributed by atoms with Gasteiger partial charge in [-0.3, -0.25) is 4.68 Å². The molecule has 0 bridgehead atoms. The summed E-state index contributed by atoms with van der Waals surface area (Å²) < 4.78 is 46.2. The van der Waals surface area contributed by atoms with Crippen LogP contribution in [0.15, 0.2) is 26.4 Å². The number of thiophene rings is 1. The summed E-state index contributed by atoms with van der Waals surface area (Å²) in [5.74, 6) is 0.668. The maximum absolute atomic E-state index is 13.1. The second-order valence-corrected chi connectivity index (χ2v) is 7.20. The van der Waals surface area contributed by atoms with Gasteiger partial charge in [-0.2, -0.15) is 18.3 Å².